The molecule has 0 radical (unpaired) electrons. The molecular weight excluding hydrogens is 331 g/mol. The van der Waals surface area contributed by atoms with Gasteiger partial charge in [-0.25, -0.2) is 0 Å². The van der Waals surface area contributed by atoms with E-state index in [-0.39, 0.29) is 5.91 Å². The first-order valence-corrected chi connectivity index (χ1v) is 8.11. The fourth-order valence-electron chi connectivity index (χ4n) is 2.00. The van der Waals surface area contributed by atoms with Crippen LogP contribution in [0.5, 0.6) is 0 Å². The molecule has 1 atom stereocenters. The Hall–Kier alpha value is -0.950. The van der Waals surface area contributed by atoms with E-state index in [1.165, 1.54) is 0 Å². The zero-order valence-electron chi connectivity index (χ0n) is 11.5. The van der Waals surface area contributed by atoms with E-state index in [2.05, 4.69) is 21.0 Å². The number of anilines is 1. The second-order valence-electron chi connectivity index (χ2n) is 4.95. The average Bonchev–Trinajstić information content (AvgIpc) is 2.91. The van der Waals surface area contributed by atoms with Gasteiger partial charge in [-0.1, -0.05) is 30.1 Å². The van der Waals surface area contributed by atoms with Crippen molar-refractivity contribution in [3.8, 4) is 0 Å². The summed E-state index contributed by atoms with van der Waals surface area (Å²) in [5, 5.41) is 3.60. The summed E-state index contributed by atoms with van der Waals surface area (Å²) in [6, 6.07) is 1.57. The topological polar surface area (TPSA) is 80.9 Å². The van der Waals surface area contributed by atoms with Crippen LogP contribution in [-0.2, 0) is 4.79 Å². The van der Waals surface area contributed by atoms with E-state index in [4.69, 9.17) is 28.9 Å². The van der Waals surface area contributed by atoms with Gasteiger partial charge in [-0.05, 0) is 31.4 Å². The van der Waals surface area contributed by atoms with Crippen molar-refractivity contribution >= 4 is 57.6 Å². The molecule has 2 rings (SSSR count). The van der Waals surface area contributed by atoms with Gasteiger partial charge in [-0.15, -0.1) is 0 Å². The summed E-state index contributed by atoms with van der Waals surface area (Å²) in [6.07, 6.45) is 2.11. The van der Waals surface area contributed by atoms with E-state index in [1.807, 2.05) is 0 Å². The maximum absolute atomic E-state index is 12.0. The molecular formula is C13H16Cl2N4OS. The third-order valence-electron chi connectivity index (χ3n) is 3.23. The minimum absolute atomic E-state index is 0.0996. The Morgan fingerprint density at radius 2 is 2.05 bits per heavy atom. The van der Waals surface area contributed by atoms with Gasteiger partial charge in [0.1, 0.15) is 11.0 Å². The lowest BCUT2D eigenvalue weighted by molar-refractivity contribution is -0.116. The minimum Gasteiger partial charge on any atom is -0.330 e. The fourth-order valence-corrected chi connectivity index (χ4v) is 3.16. The van der Waals surface area contributed by atoms with E-state index in [0.29, 0.717) is 45.6 Å². The standard InChI is InChI=1S/C13H16Cl2N4OS/c1-7(4-5-16)2-3-10(20)17-11-8(14)6-9(15)12-13(11)19-21-18-12/h6-7H,2-5,16H2,1H3,(H,17,20). The van der Waals surface area contributed by atoms with E-state index >= 15 is 0 Å². The van der Waals surface area contributed by atoms with Gasteiger partial charge in [0, 0.05) is 6.42 Å². The third kappa shape index (κ3) is 4.03. The SMILES string of the molecule is CC(CCN)CCC(=O)Nc1c(Cl)cc(Cl)c2nsnc12. The zero-order valence-corrected chi connectivity index (χ0v) is 13.9. The highest BCUT2D eigenvalue weighted by Gasteiger charge is 2.16. The summed E-state index contributed by atoms with van der Waals surface area (Å²) < 4.78 is 8.25. The van der Waals surface area contributed by atoms with Crippen molar-refractivity contribution in [2.24, 2.45) is 11.7 Å². The van der Waals surface area contributed by atoms with Gasteiger partial charge in [0.05, 0.1) is 27.5 Å². The molecule has 2 aromatic rings. The quantitative estimate of drug-likeness (QED) is 0.835. The Morgan fingerprint density at radius 1 is 1.33 bits per heavy atom. The number of amides is 1. The van der Waals surface area contributed by atoms with Crippen LogP contribution in [0.25, 0.3) is 11.0 Å². The number of hydrogen-bond acceptors (Lipinski definition) is 5. The number of carbonyl (C=O) groups excluding carboxylic acids is 1. The van der Waals surface area contributed by atoms with Crippen LogP contribution >= 0.6 is 34.9 Å². The normalized spacial score (nSPS) is 12.6. The molecule has 1 amide bonds. The Balaban J connectivity index is 2.09. The lowest BCUT2D eigenvalue weighted by Crippen LogP contribution is -2.14. The molecule has 0 spiro atoms. The summed E-state index contributed by atoms with van der Waals surface area (Å²) in [6.45, 7) is 2.72. The van der Waals surface area contributed by atoms with Gasteiger partial charge >= 0.3 is 0 Å². The van der Waals surface area contributed by atoms with Crippen LogP contribution in [0.2, 0.25) is 10.0 Å². The summed E-state index contributed by atoms with van der Waals surface area (Å²) in [5.74, 6) is 0.319. The van der Waals surface area contributed by atoms with Crippen LogP contribution in [0.1, 0.15) is 26.2 Å². The number of halogens is 2. The molecule has 8 heteroatoms. The van der Waals surface area contributed by atoms with Crippen LogP contribution < -0.4 is 11.1 Å². The first-order chi connectivity index (χ1) is 10.0. The van der Waals surface area contributed by atoms with E-state index < -0.39 is 0 Å². The number of nitrogens with zero attached hydrogens (tertiary/aromatic N) is 2. The van der Waals surface area contributed by atoms with Crippen molar-refractivity contribution in [1.82, 2.24) is 8.75 Å². The second kappa shape index (κ2) is 7.35. The van der Waals surface area contributed by atoms with Crippen molar-refractivity contribution in [3.63, 3.8) is 0 Å². The van der Waals surface area contributed by atoms with Gasteiger partial charge < -0.3 is 11.1 Å². The van der Waals surface area contributed by atoms with E-state index in [9.17, 15) is 4.79 Å². The van der Waals surface area contributed by atoms with Crippen LogP contribution in [-0.4, -0.2) is 21.2 Å². The Morgan fingerprint density at radius 3 is 2.76 bits per heavy atom. The van der Waals surface area contributed by atoms with E-state index in [1.54, 1.807) is 6.07 Å². The first kappa shape index (κ1) is 16.4. The summed E-state index contributed by atoms with van der Waals surface area (Å²) in [4.78, 5) is 12.0. The predicted octanol–water partition coefficient (Wildman–Crippen LogP) is 3.70. The monoisotopic (exact) mass is 346 g/mol. The number of aromatic nitrogens is 2. The molecule has 0 aliphatic rings. The molecule has 1 unspecified atom stereocenters. The van der Waals surface area contributed by atoms with Crippen molar-refractivity contribution in [1.29, 1.82) is 0 Å². The van der Waals surface area contributed by atoms with Gasteiger partial charge in [0.25, 0.3) is 0 Å². The Labute approximate surface area is 137 Å². The number of rotatable bonds is 6. The molecule has 114 valence electrons. The van der Waals surface area contributed by atoms with Crippen LogP contribution in [0.3, 0.4) is 0 Å². The van der Waals surface area contributed by atoms with Crippen LogP contribution in [0.15, 0.2) is 6.07 Å². The largest absolute Gasteiger partial charge is 0.330 e. The molecule has 0 aliphatic carbocycles. The lowest BCUT2D eigenvalue weighted by atomic mass is 10.0. The second-order valence-corrected chi connectivity index (χ2v) is 6.29. The fraction of sp³-hybridized carbons (Fsp3) is 0.462. The van der Waals surface area contributed by atoms with Crippen molar-refractivity contribution in [2.75, 3.05) is 11.9 Å². The maximum atomic E-state index is 12.0. The van der Waals surface area contributed by atoms with Crippen molar-refractivity contribution in [3.05, 3.63) is 16.1 Å². The smallest absolute Gasteiger partial charge is 0.224 e. The number of fused-ring (bicyclic) bond motifs is 1. The first-order valence-electron chi connectivity index (χ1n) is 6.63. The Bertz CT molecular complexity index is 646. The molecule has 0 aliphatic heterocycles. The number of nitrogens with one attached hydrogen (secondary N) is 1. The number of hydrogen-bond donors (Lipinski definition) is 2. The summed E-state index contributed by atoms with van der Waals surface area (Å²) in [5.41, 5.74) is 7.05. The van der Waals surface area contributed by atoms with Crippen LogP contribution in [0, 0.1) is 5.92 Å². The zero-order chi connectivity index (χ0) is 15.4. The van der Waals surface area contributed by atoms with Gasteiger partial charge in [0.2, 0.25) is 5.91 Å². The molecule has 0 saturated heterocycles. The van der Waals surface area contributed by atoms with Crippen LogP contribution in [0.4, 0.5) is 5.69 Å². The minimum atomic E-state index is -0.0996. The number of carbonyl (C=O) groups is 1. The molecule has 5 nitrogen and oxygen atoms in total. The van der Waals surface area contributed by atoms with Crippen molar-refractivity contribution in [2.45, 2.75) is 26.2 Å². The lowest BCUT2D eigenvalue weighted by Gasteiger charge is -2.11. The predicted molar refractivity (Wildman–Crippen MR) is 88.1 cm³/mol. The molecule has 0 fully saturated rings. The highest BCUT2D eigenvalue weighted by molar-refractivity contribution is 7.00. The highest BCUT2D eigenvalue weighted by Crippen LogP contribution is 2.35. The molecule has 1 heterocycles. The van der Waals surface area contributed by atoms with Crippen molar-refractivity contribution < 1.29 is 4.79 Å². The van der Waals surface area contributed by atoms with Gasteiger partial charge in [-0.2, -0.15) is 8.75 Å². The van der Waals surface area contributed by atoms with Gasteiger partial charge in [0.15, 0.2) is 0 Å². The molecule has 1 aromatic heterocycles. The Kier molecular flexibility index (Phi) is 5.75. The molecule has 21 heavy (non-hydrogen) atoms. The average molecular weight is 347 g/mol. The number of benzene rings is 1. The maximum Gasteiger partial charge on any atom is 0.224 e. The summed E-state index contributed by atoms with van der Waals surface area (Å²) >= 11 is 13.2. The highest BCUT2D eigenvalue weighted by atomic mass is 35.5. The summed E-state index contributed by atoms with van der Waals surface area (Å²) in [7, 11) is 0. The molecule has 3 N–H and O–H groups in total. The number of nitrogens with two attached hydrogens (primary N) is 1. The van der Waals surface area contributed by atoms with Gasteiger partial charge in [-0.3, -0.25) is 4.79 Å². The third-order valence-corrected chi connectivity index (χ3v) is 4.35. The molecule has 1 aromatic carbocycles. The molecule has 0 saturated carbocycles. The van der Waals surface area contributed by atoms with E-state index in [0.717, 1.165) is 24.6 Å². The molecule has 0 bridgehead atoms.